The number of hydrogen-bond donors (Lipinski definition) is 0. The summed E-state index contributed by atoms with van der Waals surface area (Å²) < 4.78 is 0. The summed E-state index contributed by atoms with van der Waals surface area (Å²) in [7, 11) is -1.78. The number of benzene rings is 4. The van der Waals surface area contributed by atoms with Crippen molar-refractivity contribution in [3.8, 4) is 0 Å². The van der Waals surface area contributed by atoms with Crippen molar-refractivity contribution in [1.82, 2.24) is 0 Å². The second kappa shape index (κ2) is 8.13. The van der Waals surface area contributed by atoms with Crippen molar-refractivity contribution in [1.29, 1.82) is 0 Å². The van der Waals surface area contributed by atoms with E-state index in [2.05, 4.69) is 115 Å². The van der Waals surface area contributed by atoms with Gasteiger partial charge in [-0.3, -0.25) is 0 Å². The maximum atomic E-state index is 2.38. The van der Waals surface area contributed by atoms with Crippen LogP contribution in [-0.4, -0.2) is 18.3 Å². The zero-order chi connectivity index (χ0) is 17.6. The first kappa shape index (κ1) is 16.8. The molecular formula is C24H22Si2. The Kier molecular flexibility index (Phi) is 5.24. The second-order valence-corrected chi connectivity index (χ2v) is 11.5. The molecule has 0 N–H and O–H groups in total. The summed E-state index contributed by atoms with van der Waals surface area (Å²) in [5.41, 5.74) is 0. The average molecular weight is 367 g/mol. The van der Waals surface area contributed by atoms with E-state index < -0.39 is 8.80 Å². The minimum absolute atomic E-state index is 0.385. The lowest BCUT2D eigenvalue weighted by Gasteiger charge is -2.17. The van der Waals surface area contributed by atoms with Crippen LogP contribution in [-0.2, 0) is 0 Å². The molecule has 4 aromatic rings. The summed E-state index contributed by atoms with van der Waals surface area (Å²) in [6.07, 6.45) is 0. The minimum Gasteiger partial charge on any atom is -0.0634 e. The fourth-order valence-electron chi connectivity index (χ4n) is 3.53. The van der Waals surface area contributed by atoms with Crippen molar-refractivity contribution in [3.63, 3.8) is 0 Å². The Bertz CT molecular complexity index is 894. The van der Waals surface area contributed by atoms with E-state index in [1.165, 1.54) is 25.9 Å². The lowest BCUT2D eigenvalue weighted by molar-refractivity contribution is 1.72. The lowest BCUT2D eigenvalue weighted by Crippen LogP contribution is -2.52. The Morgan fingerprint density at radius 2 is 0.769 bits per heavy atom. The molecule has 0 amide bonds. The molecule has 0 saturated carbocycles. The van der Waals surface area contributed by atoms with Gasteiger partial charge in [0.2, 0.25) is 0 Å². The van der Waals surface area contributed by atoms with Crippen LogP contribution in [0.15, 0.2) is 115 Å². The van der Waals surface area contributed by atoms with Crippen LogP contribution in [0.25, 0.3) is 0 Å². The zero-order valence-electron chi connectivity index (χ0n) is 14.8. The predicted molar refractivity (Wildman–Crippen MR) is 120 cm³/mol. The van der Waals surface area contributed by atoms with Crippen LogP contribution >= 0.6 is 0 Å². The highest BCUT2D eigenvalue weighted by molar-refractivity contribution is 6.95. The summed E-state index contributed by atoms with van der Waals surface area (Å²) in [4.78, 5) is 0. The summed E-state index contributed by atoms with van der Waals surface area (Å²) in [6.45, 7) is 0. The Labute approximate surface area is 159 Å². The highest BCUT2D eigenvalue weighted by Crippen LogP contribution is 1.95. The van der Waals surface area contributed by atoms with Crippen molar-refractivity contribution in [2.45, 2.75) is 0 Å². The van der Waals surface area contributed by atoms with E-state index in [1.807, 2.05) is 0 Å². The Hall–Kier alpha value is -2.69. The third-order valence-electron chi connectivity index (χ3n) is 4.83. The highest BCUT2D eigenvalue weighted by atomic mass is 28.3. The van der Waals surface area contributed by atoms with E-state index in [1.54, 1.807) is 0 Å². The van der Waals surface area contributed by atoms with Gasteiger partial charge in [-0.05, 0) is 0 Å². The van der Waals surface area contributed by atoms with E-state index >= 15 is 0 Å². The van der Waals surface area contributed by atoms with E-state index in [-0.39, 0.29) is 9.52 Å². The summed E-state index contributed by atoms with van der Waals surface area (Å²) in [5.74, 6) is 0. The molecule has 4 rings (SSSR count). The minimum atomic E-state index is -1.40. The van der Waals surface area contributed by atoms with Crippen LogP contribution in [0.4, 0.5) is 0 Å². The molecule has 2 heteroatoms. The molecular weight excluding hydrogens is 344 g/mol. The Morgan fingerprint density at radius 1 is 0.385 bits per heavy atom. The molecule has 0 aliphatic heterocycles. The van der Waals surface area contributed by atoms with Gasteiger partial charge < -0.3 is 0 Å². The third kappa shape index (κ3) is 3.93. The van der Waals surface area contributed by atoms with Crippen molar-refractivity contribution in [2.75, 3.05) is 0 Å². The molecule has 0 fully saturated rings. The molecule has 0 heterocycles. The molecule has 0 aliphatic rings. The first-order valence-corrected chi connectivity index (χ1v) is 12.3. The molecule has 4 aromatic carbocycles. The zero-order valence-corrected chi connectivity index (χ0v) is 17.3. The van der Waals surface area contributed by atoms with Gasteiger partial charge in [0.25, 0.3) is 0 Å². The normalized spacial score (nSPS) is 11.3. The summed E-state index contributed by atoms with van der Waals surface area (Å²) >= 11 is 0. The molecule has 0 bridgehead atoms. The molecule has 0 saturated heterocycles. The highest BCUT2D eigenvalue weighted by Gasteiger charge is 2.18. The second-order valence-electron chi connectivity index (χ2n) is 6.66. The molecule has 126 valence electrons. The molecule has 0 unspecified atom stereocenters. The molecule has 0 aromatic heterocycles. The van der Waals surface area contributed by atoms with Crippen LogP contribution in [0, 0.1) is 0 Å². The van der Waals surface area contributed by atoms with Crippen LogP contribution < -0.4 is 25.9 Å². The van der Waals surface area contributed by atoms with Gasteiger partial charge in [0.1, 0.15) is 8.80 Å². The monoisotopic (exact) mass is 366 g/mol. The van der Waals surface area contributed by atoms with Gasteiger partial charge in [0.05, 0.1) is 9.52 Å². The van der Waals surface area contributed by atoms with Crippen molar-refractivity contribution in [3.05, 3.63) is 115 Å². The van der Waals surface area contributed by atoms with Gasteiger partial charge in [0, 0.05) is 0 Å². The molecule has 0 spiro atoms. The van der Waals surface area contributed by atoms with Gasteiger partial charge >= 0.3 is 0 Å². The van der Waals surface area contributed by atoms with Crippen LogP contribution in [0.2, 0.25) is 0 Å². The standard InChI is InChI=1S/C24H22Si2/c1-4-10-20(11-5-1)25-21-16-18-24(19-17-21)26(22-12-6-2-7-13-22)23-14-8-3-9-15-23/h1-19,26H,25H2. The van der Waals surface area contributed by atoms with Crippen LogP contribution in [0.1, 0.15) is 0 Å². The van der Waals surface area contributed by atoms with Crippen LogP contribution in [0.3, 0.4) is 0 Å². The van der Waals surface area contributed by atoms with Gasteiger partial charge in [-0.1, -0.05) is 141 Å². The van der Waals surface area contributed by atoms with E-state index in [9.17, 15) is 0 Å². The van der Waals surface area contributed by atoms with Gasteiger partial charge in [0.15, 0.2) is 0 Å². The molecule has 0 atom stereocenters. The Morgan fingerprint density at radius 3 is 1.27 bits per heavy atom. The lowest BCUT2D eigenvalue weighted by atomic mass is 10.3. The fraction of sp³-hybridized carbons (Fsp3) is 0. The summed E-state index contributed by atoms with van der Waals surface area (Å²) in [5, 5.41) is 7.46. The van der Waals surface area contributed by atoms with Gasteiger partial charge in [-0.15, -0.1) is 0 Å². The smallest absolute Gasteiger partial charge is 0.0634 e. The fourth-order valence-corrected chi connectivity index (χ4v) is 7.92. The largest absolute Gasteiger partial charge is 0.132 e. The number of rotatable bonds is 5. The Balaban J connectivity index is 1.66. The van der Waals surface area contributed by atoms with E-state index in [0.717, 1.165) is 0 Å². The topological polar surface area (TPSA) is 0 Å². The third-order valence-corrected chi connectivity index (χ3v) is 9.74. The molecule has 0 nitrogen and oxygen atoms in total. The first-order chi connectivity index (χ1) is 12.9. The molecule has 0 aliphatic carbocycles. The quantitative estimate of drug-likeness (QED) is 0.366. The van der Waals surface area contributed by atoms with Gasteiger partial charge in [-0.25, -0.2) is 0 Å². The maximum Gasteiger partial charge on any atom is 0.132 e. The summed E-state index contributed by atoms with van der Waals surface area (Å²) in [6, 6.07) is 42.4. The van der Waals surface area contributed by atoms with Gasteiger partial charge in [-0.2, -0.15) is 0 Å². The predicted octanol–water partition coefficient (Wildman–Crippen LogP) is 1.05. The van der Waals surface area contributed by atoms with E-state index in [0.29, 0.717) is 0 Å². The SMILES string of the molecule is c1ccc([SiH2]c2ccc([SiH](c3ccccc3)c3ccccc3)cc2)cc1. The first-order valence-electron chi connectivity index (χ1n) is 9.13. The maximum absolute atomic E-state index is 2.38. The van der Waals surface area contributed by atoms with Crippen molar-refractivity contribution in [2.24, 2.45) is 0 Å². The van der Waals surface area contributed by atoms with Crippen molar-refractivity contribution >= 4 is 44.2 Å². The van der Waals surface area contributed by atoms with Crippen molar-refractivity contribution < 1.29 is 0 Å². The van der Waals surface area contributed by atoms with E-state index in [4.69, 9.17) is 0 Å². The number of hydrogen-bond acceptors (Lipinski definition) is 0. The molecule has 0 radical (unpaired) electrons. The van der Waals surface area contributed by atoms with Crippen LogP contribution in [0.5, 0.6) is 0 Å². The molecule has 26 heavy (non-hydrogen) atoms. The average Bonchev–Trinajstić information content (AvgIpc) is 2.72.